The first-order valence-electron chi connectivity index (χ1n) is 14.4. The van der Waals surface area contributed by atoms with Crippen molar-refractivity contribution in [3.8, 4) is 28.1 Å². The van der Waals surface area contributed by atoms with E-state index in [1.807, 2.05) is 41.6 Å². The third-order valence-electron chi connectivity index (χ3n) is 8.03. The standard InChI is InChI=1S/C33H37N5O2/c1-24(2)26-7-5-25(6-8-26)23-40-29-11-9-27(10-12-29)32-30-21-36(22-31(39)37-17-3-4-18-37)19-20-38(30)35-33(32)28-13-15-34-16-14-28/h5-16,24H,3-4,17-23H2,1-2H3. The second kappa shape index (κ2) is 11.6. The van der Waals surface area contributed by atoms with Crippen LogP contribution in [0.3, 0.4) is 0 Å². The topological polar surface area (TPSA) is 63.5 Å². The van der Waals surface area contributed by atoms with Crippen molar-refractivity contribution in [2.45, 2.75) is 52.3 Å². The molecule has 1 fully saturated rings. The number of benzene rings is 2. The Hall–Kier alpha value is -3.97. The summed E-state index contributed by atoms with van der Waals surface area (Å²) in [7, 11) is 0. The van der Waals surface area contributed by atoms with Crippen molar-refractivity contribution in [1.82, 2.24) is 24.6 Å². The van der Waals surface area contributed by atoms with Crippen molar-refractivity contribution >= 4 is 5.91 Å². The smallest absolute Gasteiger partial charge is 0.236 e. The van der Waals surface area contributed by atoms with Gasteiger partial charge in [-0.05, 0) is 59.7 Å². The summed E-state index contributed by atoms with van der Waals surface area (Å²) in [6.07, 6.45) is 5.84. The van der Waals surface area contributed by atoms with Crippen LogP contribution < -0.4 is 4.74 Å². The van der Waals surface area contributed by atoms with Gasteiger partial charge in [-0.25, -0.2) is 0 Å². The summed E-state index contributed by atoms with van der Waals surface area (Å²) in [5, 5.41) is 5.04. The van der Waals surface area contributed by atoms with E-state index in [1.54, 1.807) is 0 Å². The van der Waals surface area contributed by atoms with E-state index in [-0.39, 0.29) is 5.91 Å². The lowest BCUT2D eigenvalue weighted by Gasteiger charge is -2.29. The van der Waals surface area contributed by atoms with E-state index >= 15 is 0 Å². The quantitative estimate of drug-likeness (QED) is 0.287. The molecule has 1 saturated heterocycles. The normalized spacial score (nSPS) is 15.4. The van der Waals surface area contributed by atoms with Crippen LogP contribution in [0, 0.1) is 0 Å². The summed E-state index contributed by atoms with van der Waals surface area (Å²) < 4.78 is 8.24. The molecule has 4 heterocycles. The van der Waals surface area contributed by atoms with Gasteiger partial charge in [-0.1, -0.05) is 50.2 Å². The van der Waals surface area contributed by atoms with Crippen LogP contribution in [0.1, 0.15) is 49.4 Å². The van der Waals surface area contributed by atoms with Crippen molar-refractivity contribution in [2.75, 3.05) is 26.2 Å². The summed E-state index contributed by atoms with van der Waals surface area (Å²) in [6, 6.07) is 21.0. The zero-order valence-corrected chi connectivity index (χ0v) is 23.4. The Morgan fingerprint density at radius 1 is 0.875 bits per heavy atom. The molecule has 2 aliphatic heterocycles. The molecule has 0 bridgehead atoms. The molecule has 4 aromatic rings. The number of amides is 1. The van der Waals surface area contributed by atoms with Crippen LogP contribution in [0.25, 0.3) is 22.4 Å². The molecule has 40 heavy (non-hydrogen) atoms. The summed E-state index contributed by atoms with van der Waals surface area (Å²) in [5.41, 5.74) is 7.83. The maximum atomic E-state index is 12.9. The lowest BCUT2D eigenvalue weighted by molar-refractivity contribution is -0.131. The van der Waals surface area contributed by atoms with Gasteiger partial charge in [0.05, 0.1) is 18.8 Å². The van der Waals surface area contributed by atoms with Gasteiger partial charge in [-0.15, -0.1) is 0 Å². The van der Waals surface area contributed by atoms with Crippen LogP contribution in [0.4, 0.5) is 0 Å². The van der Waals surface area contributed by atoms with Gasteiger partial charge in [0.15, 0.2) is 0 Å². The second-order valence-electron chi connectivity index (χ2n) is 11.1. The van der Waals surface area contributed by atoms with Gasteiger partial charge in [0.2, 0.25) is 5.91 Å². The maximum absolute atomic E-state index is 12.9. The van der Waals surface area contributed by atoms with Crippen molar-refractivity contribution in [1.29, 1.82) is 0 Å². The van der Waals surface area contributed by atoms with Crippen molar-refractivity contribution in [2.24, 2.45) is 0 Å². The highest BCUT2D eigenvalue weighted by Gasteiger charge is 2.28. The molecule has 0 radical (unpaired) electrons. The molecule has 2 aromatic heterocycles. The van der Waals surface area contributed by atoms with Gasteiger partial charge in [0.25, 0.3) is 0 Å². The SMILES string of the molecule is CC(C)c1ccc(COc2ccc(-c3c(-c4ccncc4)nn4c3CN(CC(=O)N3CCCC3)CC4)cc2)cc1. The average molecular weight is 536 g/mol. The molecule has 0 atom stereocenters. The fraction of sp³-hybridized carbons (Fsp3) is 0.364. The van der Waals surface area contributed by atoms with E-state index in [2.05, 4.69) is 64.8 Å². The Balaban J connectivity index is 1.23. The molecule has 6 rings (SSSR count). The van der Waals surface area contributed by atoms with Crippen LogP contribution >= 0.6 is 0 Å². The first kappa shape index (κ1) is 26.3. The van der Waals surface area contributed by atoms with E-state index in [0.29, 0.717) is 25.6 Å². The van der Waals surface area contributed by atoms with Gasteiger partial charge in [0.1, 0.15) is 18.1 Å². The number of ether oxygens (including phenoxy) is 1. The first-order chi connectivity index (χ1) is 19.5. The fourth-order valence-corrected chi connectivity index (χ4v) is 5.66. The van der Waals surface area contributed by atoms with E-state index in [9.17, 15) is 4.79 Å². The molecular formula is C33H37N5O2. The van der Waals surface area contributed by atoms with Crippen LogP contribution in [0.5, 0.6) is 5.75 Å². The molecule has 1 amide bonds. The number of aromatic nitrogens is 3. The van der Waals surface area contributed by atoms with Gasteiger partial charge < -0.3 is 9.64 Å². The highest BCUT2D eigenvalue weighted by molar-refractivity contribution is 5.83. The van der Waals surface area contributed by atoms with Crippen LogP contribution in [0.15, 0.2) is 73.1 Å². The highest BCUT2D eigenvalue weighted by Crippen LogP contribution is 2.37. The lowest BCUT2D eigenvalue weighted by Crippen LogP contribution is -2.42. The van der Waals surface area contributed by atoms with Crippen molar-refractivity contribution < 1.29 is 9.53 Å². The number of carbonyl (C=O) groups excluding carboxylic acids is 1. The Labute approximate surface area is 236 Å². The third kappa shape index (κ3) is 5.65. The van der Waals surface area contributed by atoms with E-state index in [1.165, 1.54) is 5.56 Å². The minimum absolute atomic E-state index is 0.238. The van der Waals surface area contributed by atoms with Crippen molar-refractivity contribution in [3.05, 3.63) is 89.9 Å². The van der Waals surface area contributed by atoms with Crippen LogP contribution in [-0.2, 0) is 24.5 Å². The van der Waals surface area contributed by atoms with Gasteiger partial charge >= 0.3 is 0 Å². The van der Waals surface area contributed by atoms with Crippen LogP contribution in [-0.4, -0.2) is 56.7 Å². The second-order valence-corrected chi connectivity index (χ2v) is 11.1. The Kier molecular flexibility index (Phi) is 7.64. The highest BCUT2D eigenvalue weighted by atomic mass is 16.5. The molecular weight excluding hydrogens is 498 g/mol. The third-order valence-corrected chi connectivity index (χ3v) is 8.03. The van der Waals surface area contributed by atoms with Gasteiger partial charge in [-0.2, -0.15) is 5.10 Å². The fourth-order valence-electron chi connectivity index (χ4n) is 5.66. The summed E-state index contributed by atoms with van der Waals surface area (Å²) in [5.74, 6) is 1.59. The predicted molar refractivity (Wildman–Crippen MR) is 157 cm³/mol. The van der Waals surface area contributed by atoms with E-state index in [0.717, 1.165) is 78.4 Å². The molecule has 206 valence electrons. The maximum Gasteiger partial charge on any atom is 0.236 e. The number of rotatable bonds is 8. The molecule has 0 spiro atoms. The molecule has 0 N–H and O–H groups in total. The molecule has 0 saturated carbocycles. The van der Waals surface area contributed by atoms with Gasteiger partial charge in [0, 0.05) is 49.7 Å². The zero-order chi connectivity index (χ0) is 27.5. The van der Waals surface area contributed by atoms with E-state index < -0.39 is 0 Å². The summed E-state index contributed by atoms with van der Waals surface area (Å²) in [4.78, 5) is 21.4. The number of carbonyl (C=O) groups is 1. The Bertz CT molecular complexity index is 1440. The van der Waals surface area contributed by atoms with Crippen LogP contribution in [0.2, 0.25) is 0 Å². The molecule has 7 nitrogen and oxygen atoms in total. The average Bonchev–Trinajstić information content (AvgIpc) is 3.66. The number of hydrogen-bond donors (Lipinski definition) is 0. The zero-order valence-electron chi connectivity index (χ0n) is 23.4. The van der Waals surface area contributed by atoms with E-state index in [4.69, 9.17) is 9.84 Å². The summed E-state index contributed by atoms with van der Waals surface area (Å²) in [6.45, 7) is 9.44. The predicted octanol–water partition coefficient (Wildman–Crippen LogP) is 5.75. The minimum Gasteiger partial charge on any atom is -0.489 e. The molecule has 2 aliphatic rings. The first-order valence-corrected chi connectivity index (χ1v) is 14.4. The molecule has 0 unspecified atom stereocenters. The Morgan fingerprint density at radius 2 is 1.60 bits per heavy atom. The Morgan fingerprint density at radius 3 is 2.30 bits per heavy atom. The largest absolute Gasteiger partial charge is 0.489 e. The molecule has 7 heteroatoms. The van der Waals surface area contributed by atoms with Gasteiger partial charge in [-0.3, -0.25) is 19.4 Å². The number of likely N-dealkylation sites (tertiary alicyclic amines) is 1. The monoisotopic (exact) mass is 535 g/mol. The summed E-state index contributed by atoms with van der Waals surface area (Å²) >= 11 is 0. The molecule has 2 aromatic carbocycles. The minimum atomic E-state index is 0.238. The van der Waals surface area contributed by atoms with Crippen molar-refractivity contribution in [3.63, 3.8) is 0 Å². The molecule has 0 aliphatic carbocycles. The number of pyridine rings is 1. The lowest BCUT2D eigenvalue weighted by atomic mass is 9.98. The number of nitrogens with zero attached hydrogens (tertiary/aromatic N) is 5. The number of fused-ring (bicyclic) bond motifs is 1. The number of hydrogen-bond acceptors (Lipinski definition) is 5.